The van der Waals surface area contributed by atoms with E-state index in [1.807, 2.05) is 32.4 Å². The fourth-order valence-electron chi connectivity index (χ4n) is 1.58. The summed E-state index contributed by atoms with van der Waals surface area (Å²) in [4.78, 5) is 6.40. The number of rotatable bonds is 4. The smallest absolute Gasteiger partial charge is 0.0595 e. The summed E-state index contributed by atoms with van der Waals surface area (Å²) >= 11 is 3.38. The Labute approximate surface area is 116 Å². The number of aromatic nitrogens is 1. The van der Waals surface area contributed by atoms with Gasteiger partial charge in [-0.15, -0.1) is 0 Å². The van der Waals surface area contributed by atoms with Crippen molar-refractivity contribution < 1.29 is 0 Å². The highest BCUT2D eigenvalue weighted by Gasteiger charge is 1.97. The van der Waals surface area contributed by atoms with Crippen molar-refractivity contribution >= 4 is 27.3 Å². The number of benzene rings is 1. The fraction of sp³-hybridized carbons (Fsp3) is 0.214. The average Bonchev–Trinajstić information content (AvgIpc) is 2.38. The lowest BCUT2D eigenvalue weighted by Gasteiger charge is -2.13. The van der Waals surface area contributed by atoms with E-state index in [2.05, 4.69) is 55.4 Å². The largest absolute Gasteiger partial charge is 0.379 e. The molecule has 0 aliphatic heterocycles. The summed E-state index contributed by atoms with van der Waals surface area (Å²) in [5.41, 5.74) is 3.32. The number of nitrogens with one attached hydrogen (secondary N) is 1. The Hall–Kier alpha value is -1.55. The van der Waals surface area contributed by atoms with Crippen molar-refractivity contribution in [2.24, 2.45) is 0 Å². The molecule has 1 aromatic carbocycles. The van der Waals surface area contributed by atoms with Gasteiger partial charge in [-0.1, -0.05) is 0 Å². The van der Waals surface area contributed by atoms with Gasteiger partial charge in [0.25, 0.3) is 0 Å². The van der Waals surface area contributed by atoms with Crippen molar-refractivity contribution in [2.75, 3.05) is 24.3 Å². The van der Waals surface area contributed by atoms with Crippen LogP contribution in [-0.2, 0) is 6.54 Å². The van der Waals surface area contributed by atoms with Crippen LogP contribution in [0.15, 0.2) is 47.1 Å². The molecule has 2 aromatic rings. The van der Waals surface area contributed by atoms with Crippen LogP contribution in [0.3, 0.4) is 0 Å². The first-order valence-corrected chi connectivity index (χ1v) is 6.56. The lowest BCUT2D eigenvalue weighted by Crippen LogP contribution is -2.08. The van der Waals surface area contributed by atoms with Crippen molar-refractivity contribution in [3.8, 4) is 0 Å². The third-order valence-corrected chi connectivity index (χ3v) is 3.12. The van der Waals surface area contributed by atoms with E-state index < -0.39 is 0 Å². The van der Waals surface area contributed by atoms with Crippen LogP contribution < -0.4 is 10.2 Å². The topological polar surface area (TPSA) is 28.2 Å². The maximum Gasteiger partial charge on any atom is 0.0595 e. The molecule has 2 rings (SSSR count). The van der Waals surface area contributed by atoms with Crippen LogP contribution in [0, 0.1) is 0 Å². The summed E-state index contributed by atoms with van der Waals surface area (Å²) < 4.78 is 1.00. The second-order valence-corrected chi connectivity index (χ2v) is 5.18. The predicted octanol–water partition coefficient (Wildman–Crippen LogP) is 3.52. The van der Waals surface area contributed by atoms with Crippen molar-refractivity contribution in [1.82, 2.24) is 4.98 Å². The second-order valence-electron chi connectivity index (χ2n) is 4.26. The molecule has 3 nitrogen and oxygen atoms in total. The number of halogens is 1. The van der Waals surface area contributed by atoms with E-state index >= 15 is 0 Å². The lowest BCUT2D eigenvalue weighted by atomic mass is 10.2. The minimum Gasteiger partial charge on any atom is -0.379 e. The standard InChI is InChI=1S/C14H16BrN3/c1-18(2)14-7-5-12(6-8-14)17-10-13-4-3-11(15)9-16-13/h3-9,17H,10H2,1-2H3. The maximum atomic E-state index is 4.32. The molecular weight excluding hydrogens is 290 g/mol. The van der Waals surface area contributed by atoms with Crippen LogP contribution >= 0.6 is 15.9 Å². The Morgan fingerprint density at radius 1 is 1.11 bits per heavy atom. The predicted molar refractivity (Wildman–Crippen MR) is 80.0 cm³/mol. The van der Waals surface area contributed by atoms with Crippen molar-refractivity contribution in [1.29, 1.82) is 0 Å². The summed E-state index contributed by atoms with van der Waals surface area (Å²) in [5.74, 6) is 0. The third kappa shape index (κ3) is 3.47. The number of nitrogens with zero attached hydrogens (tertiary/aromatic N) is 2. The van der Waals surface area contributed by atoms with E-state index in [0.717, 1.165) is 22.4 Å². The van der Waals surface area contributed by atoms with Crippen molar-refractivity contribution in [2.45, 2.75) is 6.54 Å². The van der Waals surface area contributed by atoms with Crippen molar-refractivity contribution in [3.05, 3.63) is 52.8 Å². The molecule has 1 heterocycles. The van der Waals surface area contributed by atoms with Gasteiger partial charge in [-0.25, -0.2) is 0 Å². The van der Waals surface area contributed by atoms with E-state index in [1.54, 1.807) is 0 Å². The van der Waals surface area contributed by atoms with E-state index in [0.29, 0.717) is 0 Å². The Morgan fingerprint density at radius 3 is 2.39 bits per heavy atom. The molecule has 94 valence electrons. The van der Waals surface area contributed by atoms with Crippen LogP contribution in [0.25, 0.3) is 0 Å². The highest BCUT2D eigenvalue weighted by Crippen LogP contribution is 2.16. The minimum atomic E-state index is 0.731. The first kappa shape index (κ1) is 12.9. The van der Waals surface area contributed by atoms with Crippen LogP contribution in [0.4, 0.5) is 11.4 Å². The van der Waals surface area contributed by atoms with E-state index in [1.165, 1.54) is 5.69 Å². The lowest BCUT2D eigenvalue weighted by molar-refractivity contribution is 1.04. The molecule has 4 heteroatoms. The average molecular weight is 306 g/mol. The molecule has 1 N–H and O–H groups in total. The summed E-state index contributed by atoms with van der Waals surface area (Å²) in [5, 5.41) is 3.35. The third-order valence-electron chi connectivity index (χ3n) is 2.65. The molecular formula is C14H16BrN3. The summed E-state index contributed by atoms with van der Waals surface area (Å²) in [6.45, 7) is 0.731. The van der Waals surface area contributed by atoms with Gasteiger partial charge in [0.15, 0.2) is 0 Å². The maximum absolute atomic E-state index is 4.32. The molecule has 0 radical (unpaired) electrons. The fourth-order valence-corrected chi connectivity index (χ4v) is 1.82. The molecule has 0 saturated heterocycles. The van der Waals surface area contributed by atoms with Gasteiger partial charge in [-0.3, -0.25) is 4.98 Å². The van der Waals surface area contributed by atoms with Crippen LogP contribution in [0.5, 0.6) is 0 Å². The molecule has 0 saturated carbocycles. The molecule has 0 unspecified atom stereocenters. The van der Waals surface area contributed by atoms with Crippen molar-refractivity contribution in [3.63, 3.8) is 0 Å². The minimum absolute atomic E-state index is 0.731. The molecule has 0 fully saturated rings. The van der Waals surface area contributed by atoms with Gasteiger partial charge >= 0.3 is 0 Å². The van der Waals surface area contributed by atoms with Gasteiger partial charge < -0.3 is 10.2 Å². The monoisotopic (exact) mass is 305 g/mol. The quantitative estimate of drug-likeness (QED) is 0.937. The summed E-state index contributed by atoms with van der Waals surface area (Å²) in [7, 11) is 4.07. The number of hydrogen-bond acceptors (Lipinski definition) is 3. The SMILES string of the molecule is CN(C)c1ccc(NCc2ccc(Br)cn2)cc1. The Morgan fingerprint density at radius 2 is 1.83 bits per heavy atom. The van der Waals surface area contributed by atoms with E-state index in [4.69, 9.17) is 0 Å². The van der Waals surface area contributed by atoms with Crippen LogP contribution in [0.1, 0.15) is 5.69 Å². The van der Waals surface area contributed by atoms with Gasteiger partial charge in [0.05, 0.1) is 12.2 Å². The van der Waals surface area contributed by atoms with Gasteiger partial charge in [-0.2, -0.15) is 0 Å². The zero-order chi connectivity index (χ0) is 13.0. The van der Waals surface area contributed by atoms with Gasteiger partial charge in [0.1, 0.15) is 0 Å². The molecule has 0 amide bonds. The highest BCUT2D eigenvalue weighted by atomic mass is 79.9. The Kier molecular flexibility index (Phi) is 4.20. The summed E-state index contributed by atoms with van der Waals surface area (Å²) in [6, 6.07) is 12.3. The molecule has 0 atom stereocenters. The summed E-state index contributed by atoms with van der Waals surface area (Å²) in [6.07, 6.45) is 1.81. The van der Waals surface area contributed by atoms with E-state index in [-0.39, 0.29) is 0 Å². The number of anilines is 2. The number of hydrogen-bond donors (Lipinski definition) is 1. The highest BCUT2D eigenvalue weighted by molar-refractivity contribution is 9.10. The molecule has 18 heavy (non-hydrogen) atoms. The molecule has 0 aliphatic carbocycles. The Bertz CT molecular complexity index is 491. The molecule has 0 bridgehead atoms. The normalized spacial score (nSPS) is 10.2. The first-order chi connectivity index (χ1) is 8.65. The Balaban J connectivity index is 1.95. The van der Waals surface area contributed by atoms with Crippen LogP contribution in [-0.4, -0.2) is 19.1 Å². The van der Waals surface area contributed by atoms with Crippen LogP contribution in [0.2, 0.25) is 0 Å². The number of pyridine rings is 1. The molecule has 0 spiro atoms. The second kappa shape index (κ2) is 5.87. The van der Waals surface area contributed by atoms with E-state index in [9.17, 15) is 0 Å². The zero-order valence-electron chi connectivity index (χ0n) is 10.5. The first-order valence-electron chi connectivity index (χ1n) is 5.77. The molecule has 1 aromatic heterocycles. The zero-order valence-corrected chi connectivity index (χ0v) is 12.1. The van der Waals surface area contributed by atoms with Gasteiger partial charge in [0, 0.05) is 36.1 Å². The van der Waals surface area contributed by atoms with Gasteiger partial charge in [0.2, 0.25) is 0 Å². The van der Waals surface area contributed by atoms with Gasteiger partial charge in [-0.05, 0) is 52.3 Å². The molecule has 0 aliphatic rings.